The van der Waals surface area contributed by atoms with E-state index < -0.39 is 0 Å². The van der Waals surface area contributed by atoms with E-state index in [2.05, 4.69) is 48.5 Å². The molecule has 1 aromatic heterocycles. The highest BCUT2D eigenvalue weighted by molar-refractivity contribution is 14.1. The highest BCUT2D eigenvalue weighted by Gasteiger charge is 2.09. The number of aryl methyl sites for hydroxylation is 1. The number of halogens is 1. The molecule has 0 aliphatic heterocycles. The number of hydrogen-bond donors (Lipinski definition) is 3. The number of anilines is 5. The number of nitrogens with zero attached hydrogens (tertiary/aromatic N) is 2. The molecular formula is C24H20IN5O. The van der Waals surface area contributed by atoms with Crippen LogP contribution in [0.15, 0.2) is 84.9 Å². The van der Waals surface area contributed by atoms with Crippen LogP contribution in [0.2, 0.25) is 0 Å². The molecule has 0 radical (unpaired) electrons. The van der Waals surface area contributed by atoms with Crippen molar-refractivity contribution in [2.24, 2.45) is 0 Å². The number of nitrogens with one attached hydrogen (secondary N) is 3. The molecule has 0 aliphatic rings. The summed E-state index contributed by atoms with van der Waals surface area (Å²) >= 11 is 2.16. The van der Waals surface area contributed by atoms with Gasteiger partial charge in [0.15, 0.2) is 0 Å². The summed E-state index contributed by atoms with van der Waals surface area (Å²) in [5.41, 5.74) is 3.99. The number of para-hydroxylation sites is 1. The van der Waals surface area contributed by atoms with E-state index in [-0.39, 0.29) is 5.91 Å². The van der Waals surface area contributed by atoms with Crippen LogP contribution in [-0.2, 0) is 0 Å². The standard InChI is InChI=1S/C24H20IN5O/c1-16-15-22(27-17-7-3-2-4-8-17)30-24(26-16)29-19-13-11-18(12-14-19)28-23(31)20-9-5-6-10-21(20)25/h2-15H,1H3,(H,28,31)(H2,26,27,29,30). The fourth-order valence-electron chi connectivity index (χ4n) is 2.97. The van der Waals surface area contributed by atoms with Gasteiger partial charge in [-0.25, -0.2) is 4.98 Å². The minimum atomic E-state index is -0.135. The second-order valence-electron chi connectivity index (χ2n) is 6.85. The number of aromatic nitrogens is 2. The van der Waals surface area contributed by atoms with Gasteiger partial charge in [-0.1, -0.05) is 30.3 Å². The van der Waals surface area contributed by atoms with Crippen molar-refractivity contribution >= 4 is 57.3 Å². The van der Waals surface area contributed by atoms with Crippen molar-refractivity contribution in [1.29, 1.82) is 0 Å². The lowest BCUT2D eigenvalue weighted by Gasteiger charge is -2.11. The largest absolute Gasteiger partial charge is 0.340 e. The molecule has 0 bridgehead atoms. The van der Waals surface area contributed by atoms with Crippen molar-refractivity contribution in [3.8, 4) is 0 Å². The van der Waals surface area contributed by atoms with Gasteiger partial charge in [-0.3, -0.25) is 4.79 Å². The molecule has 0 aliphatic carbocycles. The van der Waals surface area contributed by atoms with Gasteiger partial charge in [-0.2, -0.15) is 4.98 Å². The number of carbonyl (C=O) groups excluding carboxylic acids is 1. The molecule has 4 rings (SSSR count). The van der Waals surface area contributed by atoms with E-state index in [4.69, 9.17) is 0 Å². The molecule has 0 unspecified atom stereocenters. The van der Waals surface area contributed by atoms with Crippen LogP contribution in [-0.4, -0.2) is 15.9 Å². The summed E-state index contributed by atoms with van der Waals surface area (Å²) in [5, 5.41) is 9.42. The number of hydrogen-bond acceptors (Lipinski definition) is 5. The number of amides is 1. The Labute approximate surface area is 194 Å². The molecule has 0 atom stereocenters. The highest BCUT2D eigenvalue weighted by Crippen LogP contribution is 2.21. The zero-order valence-electron chi connectivity index (χ0n) is 16.8. The first kappa shape index (κ1) is 20.8. The van der Waals surface area contributed by atoms with Crippen molar-refractivity contribution < 1.29 is 4.79 Å². The Balaban J connectivity index is 1.44. The van der Waals surface area contributed by atoms with E-state index >= 15 is 0 Å². The maximum atomic E-state index is 12.5. The van der Waals surface area contributed by atoms with Crippen LogP contribution >= 0.6 is 22.6 Å². The zero-order valence-corrected chi connectivity index (χ0v) is 18.9. The van der Waals surface area contributed by atoms with Gasteiger partial charge in [0.1, 0.15) is 5.82 Å². The average Bonchev–Trinajstić information content (AvgIpc) is 2.76. The molecule has 0 spiro atoms. The fourth-order valence-corrected chi connectivity index (χ4v) is 3.60. The summed E-state index contributed by atoms with van der Waals surface area (Å²) in [7, 11) is 0. The molecule has 3 N–H and O–H groups in total. The third-order valence-electron chi connectivity index (χ3n) is 4.42. The van der Waals surface area contributed by atoms with Crippen molar-refractivity contribution in [2.45, 2.75) is 6.92 Å². The SMILES string of the molecule is Cc1cc(Nc2ccccc2)nc(Nc2ccc(NC(=O)c3ccccc3I)cc2)n1. The Morgan fingerprint density at radius 1 is 0.774 bits per heavy atom. The fraction of sp³-hybridized carbons (Fsp3) is 0.0417. The van der Waals surface area contributed by atoms with E-state index in [9.17, 15) is 4.79 Å². The topological polar surface area (TPSA) is 78.9 Å². The quantitative estimate of drug-likeness (QED) is 0.266. The van der Waals surface area contributed by atoms with Gasteiger partial charge >= 0.3 is 0 Å². The van der Waals surface area contributed by atoms with Crippen LogP contribution in [0.3, 0.4) is 0 Å². The monoisotopic (exact) mass is 521 g/mol. The van der Waals surface area contributed by atoms with Gasteiger partial charge in [0.05, 0.1) is 5.56 Å². The normalized spacial score (nSPS) is 10.4. The molecular weight excluding hydrogens is 501 g/mol. The Kier molecular flexibility index (Phi) is 6.42. The number of benzene rings is 3. The summed E-state index contributed by atoms with van der Waals surface area (Å²) in [6.07, 6.45) is 0. The van der Waals surface area contributed by atoms with E-state index in [1.807, 2.05) is 91.9 Å². The molecule has 0 fully saturated rings. The van der Waals surface area contributed by atoms with Crippen LogP contribution in [0.25, 0.3) is 0 Å². The first-order valence-corrected chi connectivity index (χ1v) is 10.8. The van der Waals surface area contributed by atoms with E-state index in [1.54, 1.807) is 0 Å². The predicted octanol–water partition coefficient (Wildman–Crippen LogP) is 6.13. The molecule has 0 saturated carbocycles. The first-order valence-electron chi connectivity index (χ1n) is 9.67. The highest BCUT2D eigenvalue weighted by atomic mass is 127. The Morgan fingerprint density at radius 2 is 1.42 bits per heavy atom. The summed E-state index contributed by atoms with van der Waals surface area (Å²) in [5.74, 6) is 1.07. The van der Waals surface area contributed by atoms with Crippen LogP contribution in [0.5, 0.6) is 0 Å². The molecule has 6 nitrogen and oxygen atoms in total. The maximum absolute atomic E-state index is 12.5. The average molecular weight is 521 g/mol. The maximum Gasteiger partial charge on any atom is 0.256 e. The molecule has 31 heavy (non-hydrogen) atoms. The minimum Gasteiger partial charge on any atom is -0.340 e. The Hall–Kier alpha value is -3.46. The summed E-state index contributed by atoms with van der Waals surface area (Å²) < 4.78 is 0.910. The van der Waals surface area contributed by atoms with E-state index in [1.165, 1.54) is 0 Å². The van der Waals surface area contributed by atoms with Crippen LogP contribution in [0, 0.1) is 10.5 Å². The molecule has 3 aromatic carbocycles. The van der Waals surface area contributed by atoms with Gasteiger partial charge in [-0.05, 0) is 78.0 Å². The number of rotatable bonds is 6. The van der Waals surface area contributed by atoms with Crippen LogP contribution in [0.4, 0.5) is 28.8 Å². The molecule has 4 aromatic rings. The van der Waals surface area contributed by atoms with Crippen molar-refractivity contribution in [3.05, 3.63) is 99.8 Å². The summed E-state index contributed by atoms with van der Waals surface area (Å²) in [6, 6.07) is 26.7. The zero-order chi connectivity index (χ0) is 21.6. The van der Waals surface area contributed by atoms with Gasteiger partial charge in [0, 0.05) is 32.4 Å². The number of carbonyl (C=O) groups is 1. The van der Waals surface area contributed by atoms with Gasteiger partial charge in [-0.15, -0.1) is 0 Å². The summed E-state index contributed by atoms with van der Waals surface area (Å²) in [4.78, 5) is 21.5. The molecule has 1 amide bonds. The molecule has 7 heteroatoms. The molecule has 1 heterocycles. The lowest BCUT2D eigenvalue weighted by atomic mass is 10.2. The Morgan fingerprint density at radius 3 is 2.16 bits per heavy atom. The van der Waals surface area contributed by atoms with Crippen LogP contribution < -0.4 is 16.0 Å². The van der Waals surface area contributed by atoms with E-state index in [0.717, 1.165) is 20.6 Å². The van der Waals surface area contributed by atoms with Crippen LogP contribution in [0.1, 0.15) is 16.1 Å². The van der Waals surface area contributed by atoms with E-state index in [0.29, 0.717) is 23.0 Å². The molecule has 154 valence electrons. The van der Waals surface area contributed by atoms with Gasteiger partial charge in [0.2, 0.25) is 5.95 Å². The minimum absolute atomic E-state index is 0.135. The Bertz CT molecular complexity index is 1200. The van der Waals surface area contributed by atoms with Crippen molar-refractivity contribution in [1.82, 2.24) is 9.97 Å². The van der Waals surface area contributed by atoms with Crippen molar-refractivity contribution in [3.63, 3.8) is 0 Å². The summed E-state index contributed by atoms with van der Waals surface area (Å²) in [6.45, 7) is 1.92. The molecule has 0 saturated heterocycles. The second-order valence-corrected chi connectivity index (χ2v) is 8.01. The van der Waals surface area contributed by atoms with Gasteiger partial charge in [0.25, 0.3) is 5.91 Å². The predicted molar refractivity (Wildman–Crippen MR) is 133 cm³/mol. The van der Waals surface area contributed by atoms with Gasteiger partial charge < -0.3 is 16.0 Å². The smallest absolute Gasteiger partial charge is 0.256 e. The lowest BCUT2D eigenvalue weighted by Crippen LogP contribution is -2.13. The lowest BCUT2D eigenvalue weighted by molar-refractivity contribution is 0.102. The third-order valence-corrected chi connectivity index (χ3v) is 5.36. The second kappa shape index (κ2) is 9.57. The first-order chi connectivity index (χ1) is 15.1. The van der Waals surface area contributed by atoms with Crippen molar-refractivity contribution in [2.75, 3.05) is 16.0 Å². The third kappa shape index (κ3) is 5.58.